The monoisotopic (exact) mass is 560 g/mol. The van der Waals surface area contributed by atoms with Crippen molar-refractivity contribution in [2.45, 2.75) is 51.2 Å². The van der Waals surface area contributed by atoms with Crippen molar-refractivity contribution in [3.8, 4) is 0 Å². The van der Waals surface area contributed by atoms with E-state index in [2.05, 4.69) is 45.4 Å². The van der Waals surface area contributed by atoms with E-state index in [4.69, 9.17) is 23.2 Å². The molecule has 2 fully saturated rings. The lowest BCUT2D eigenvalue weighted by atomic mass is 9.96. The Bertz CT molecular complexity index is 1150. The largest absolute Gasteiger partial charge is 0.387 e. The number of nitrogens with zero attached hydrogens (tertiary/aromatic N) is 6. The maximum Gasteiger partial charge on any atom is 0.231 e. The van der Waals surface area contributed by atoms with Gasteiger partial charge in [0, 0.05) is 70.5 Å². The quantitative estimate of drug-likeness (QED) is 0.576. The molecule has 3 atom stereocenters. The van der Waals surface area contributed by atoms with Crippen LogP contribution in [0.3, 0.4) is 0 Å². The molecule has 206 valence electrons. The molecule has 0 bridgehead atoms. The van der Waals surface area contributed by atoms with E-state index in [9.17, 15) is 9.90 Å². The minimum absolute atomic E-state index is 0.131. The summed E-state index contributed by atoms with van der Waals surface area (Å²) in [5.74, 6) is 0.938. The fourth-order valence-electron chi connectivity index (χ4n) is 6.09. The van der Waals surface area contributed by atoms with Gasteiger partial charge in [-0.2, -0.15) is 0 Å². The van der Waals surface area contributed by atoms with Crippen molar-refractivity contribution < 1.29 is 9.90 Å². The number of amides is 1. The number of halogens is 2. The lowest BCUT2D eigenvalue weighted by Gasteiger charge is -2.40. The summed E-state index contributed by atoms with van der Waals surface area (Å²) in [6.45, 7) is 13.8. The standard InChI is InChI=1S/C28H38Cl2N6O2/c1-18(2)34-8-6-33(7-9-34)16-21(20-4-5-22(29)23(30)15-20)28(38)36-12-10-35(11-13-36)27-25-19(3)14-24(37)26(25)31-17-32-27/h4-5,15,17-19,21,24,37H,6-14,16H2,1-3H3/t19?,21-,24-/m1/s1. The number of fused-ring (bicyclic) bond motifs is 1. The zero-order valence-electron chi connectivity index (χ0n) is 22.5. The van der Waals surface area contributed by atoms with Gasteiger partial charge < -0.3 is 14.9 Å². The number of aliphatic hydroxyl groups is 1. The van der Waals surface area contributed by atoms with Gasteiger partial charge in [-0.05, 0) is 43.9 Å². The van der Waals surface area contributed by atoms with Gasteiger partial charge in [-0.25, -0.2) is 9.97 Å². The highest BCUT2D eigenvalue weighted by Crippen LogP contribution is 2.43. The summed E-state index contributed by atoms with van der Waals surface area (Å²) >= 11 is 12.6. The SMILES string of the molecule is CC1C[C@@H](O)c2ncnc(N3CCN(C(=O)[C@H](CN4CCN(C(C)C)CC4)c4ccc(Cl)c(Cl)c4)CC3)c21. The fourth-order valence-corrected chi connectivity index (χ4v) is 6.40. The van der Waals surface area contributed by atoms with E-state index >= 15 is 0 Å². The van der Waals surface area contributed by atoms with Gasteiger partial charge in [0.2, 0.25) is 5.91 Å². The number of carbonyl (C=O) groups is 1. The highest BCUT2D eigenvalue weighted by Gasteiger charge is 2.35. The van der Waals surface area contributed by atoms with E-state index < -0.39 is 6.10 Å². The zero-order valence-corrected chi connectivity index (χ0v) is 24.0. The highest BCUT2D eigenvalue weighted by molar-refractivity contribution is 6.42. The Hall–Kier alpha value is -1.97. The lowest BCUT2D eigenvalue weighted by Crippen LogP contribution is -2.53. The van der Waals surface area contributed by atoms with E-state index in [0.717, 1.165) is 48.8 Å². The maximum absolute atomic E-state index is 14.0. The predicted octanol–water partition coefficient (Wildman–Crippen LogP) is 3.78. The average molecular weight is 562 g/mol. The van der Waals surface area contributed by atoms with Crippen LogP contribution in [-0.4, -0.2) is 101 Å². The molecule has 5 rings (SSSR count). The molecule has 8 nitrogen and oxygen atoms in total. The molecule has 0 spiro atoms. The molecule has 0 saturated carbocycles. The summed E-state index contributed by atoms with van der Waals surface area (Å²) in [6.07, 6.45) is 1.70. The van der Waals surface area contributed by atoms with Crippen molar-refractivity contribution in [1.29, 1.82) is 0 Å². The molecule has 0 radical (unpaired) electrons. The molecule has 1 unspecified atom stereocenters. The first-order valence-corrected chi connectivity index (χ1v) is 14.5. The Morgan fingerprint density at radius 3 is 2.39 bits per heavy atom. The van der Waals surface area contributed by atoms with E-state index in [1.807, 2.05) is 17.0 Å². The number of benzene rings is 1. The summed E-state index contributed by atoms with van der Waals surface area (Å²) in [7, 11) is 0. The van der Waals surface area contributed by atoms with Gasteiger partial charge in [-0.1, -0.05) is 36.2 Å². The smallest absolute Gasteiger partial charge is 0.231 e. The van der Waals surface area contributed by atoms with E-state index in [1.165, 1.54) is 0 Å². The van der Waals surface area contributed by atoms with Crippen LogP contribution in [0.1, 0.15) is 62.0 Å². The Kier molecular flexibility index (Phi) is 8.45. The Morgan fingerprint density at radius 2 is 1.74 bits per heavy atom. The second-order valence-corrected chi connectivity index (χ2v) is 11.9. The van der Waals surface area contributed by atoms with Crippen LogP contribution in [0.2, 0.25) is 10.0 Å². The van der Waals surface area contributed by atoms with Crippen LogP contribution in [-0.2, 0) is 4.79 Å². The molecule has 1 aromatic carbocycles. The van der Waals surface area contributed by atoms with Crippen LogP contribution in [0.4, 0.5) is 5.82 Å². The third-order valence-corrected chi connectivity index (χ3v) is 9.13. The normalized spacial score (nSPS) is 23.7. The van der Waals surface area contributed by atoms with Crippen molar-refractivity contribution in [3.63, 3.8) is 0 Å². The summed E-state index contributed by atoms with van der Waals surface area (Å²) in [5, 5.41) is 11.4. The minimum atomic E-state index is -0.529. The van der Waals surface area contributed by atoms with E-state index in [-0.39, 0.29) is 17.7 Å². The van der Waals surface area contributed by atoms with Crippen molar-refractivity contribution in [3.05, 3.63) is 51.4 Å². The Labute approximate surface area is 235 Å². The second-order valence-electron chi connectivity index (χ2n) is 11.1. The van der Waals surface area contributed by atoms with Crippen molar-refractivity contribution >= 4 is 34.9 Å². The molecule has 38 heavy (non-hydrogen) atoms. The summed E-state index contributed by atoms with van der Waals surface area (Å²) < 4.78 is 0. The van der Waals surface area contributed by atoms with Crippen LogP contribution in [0.15, 0.2) is 24.5 Å². The molecule has 2 aromatic rings. The van der Waals surface area contributed by atoms with Gasteiger partial charge in [0.15, 0.2) is 0 Å². The van der Waals surface area contributed by atoms with Gasteiger partial charge in [0.1, 0.15) is 12.1 Å². The van der Waals surface area contributed by atoms with Gasteiger partial charge in [-0.15, -0.1) is 0 Å². The first-order valence-electron chi connectivity index (χ1n) is 13.7. The zero-order chi connectivity index (χ0) is 27.0. The van der Waals surface area contributed by atoms with Crippen LogP contribution in [0, 0.1) is 0 Å². The molecule has 3 aliphatic rings. The molecular formula is C28H38Cl2N6O2. The molecular weight excluding hydrogens is 523 g/mol. The van der Waals surface area contributed by atoms with Gasteiger partial charge in [-0.3, -0.25) is 14.6 Å². The first kappa shape index (κ1) is 27.6. The van der Waals surface area contributed by atoms with Crippen LogP contribution < -0.4 is 4.90 Å². The summed E-state index contributed by atoms with van der Waals surface area (Å²) in [5.41, 5.74) is 2.71. The number of piperazine rings is 2. The van der Waals surface area contributed by atoms with Crippen LogP contribution in [0.25, 0.3) is 0 Å². The number of hydrogen-bond donors (Lipinski definition) is 1. The minimum Gasteiger partial charge on any atom is -0.387 e. The molecule has 3 heterocycles. The number of hydrogen-bond acceptors (Lipinski definition) is 7. The molecule has 1 N–H and O–H groups in total. The summed E-state index contributed by atoms with van der Waals surface area (Å²) in [4.78, 5) is 32.0. The molecule has 1 aromatic heterocycles. The van der Waals surface area contributed by atoms with Gasteiger partial charge in [0.25, 0.3) is 0 Å². The third kappa shape index (κ3) is 5.65. The maximum atomic E-state index is 14.0. The molecule has 10 heteroatoms. The number of anilines is 1. The second kappa shape index (κ2) is 11.6. The molecule has 2 aliphatic heterocycles. The van der Waals surface area contributed by atoms with Crippen molar-refractivity contribution in [2.75, 3.05) is 63.8 Å². The van der Waals surface area contributed by atoms with Gasteiger partial charge >= 0.3 is 0 Å². The molecule has 1 amide bonds. The Morgan fingerprint density at radius 1 is 1.03 bits per heavy atom. The number of aromatic nitrogens is 2. The first-order chi connectivity index (χ1) is 18.2. The van der Waals surface area contributed by atoms with Crippen molar-refractivity contribution in [1.82, 2.24) is 24.7 Å². The van der Waals surface area contributed by atoms with Crippen LogP contribution >= 0.6 is 23.2 Å². The molecule has 1 aliphatic carbocycles. The number of carbonyl (C=O) groups excluding carboxylic acids is 1. The lowest BCUT2D eigenvalue weighted by molar-refractivity contribution is -0.133. The predicted molar refractivity (Wildman–Crippen MR) is 151 cm³/mol. The third-order valence-electron chi connectivity index (χ3n) is 8.39. The Balaban J connectivity index is 1.30. The fraction of sp³-hybridized carbons (Fsp3) is 0.607. The number of rotatable bonds is 6. The highest BCUT2D eigenvalue weighted by atomic mass is 35.5. The van der Waals surface area contributed by atoms with E-state index in [0.29, 0.717) is 55.2 Å². The number of aliphatic hydroxyl groups excluding tert-OH is 1. The van der Waals surface area contributed by atoms with E-state index in [1.54, 1.807) is 12.4 Å². The van der Waals surface area contributed by atoms with Crippen LogP contribution in [0.5, 0.6) is 0 Å². The topological polar surface area (TPSA) is 76.0 Å². The van der Waals surface area contributed by atoms with Crippen molar-refractivity contribution in [2.24, 2.45) is 0 Å². The molecule has 2 saturated heterocycles. The average Bonchev–Trinajstić information content (AvgIpc) is 3.22. The van der Waals surface area contributed by atoms with Gasteiger partial charge in [0.05, 0.1) is 27.8 Å². The summed E-state index contributed by atoms with van der Waals surface area (Å²) in [6, 6.07) is 6.11.